The third-order valence-corrected chi connectivity index (χ3v) is 6.16. The van der Waals surface area contributed by atoms with Gasteiger partial charge in [0.2, 0.25) is 0 Å². The second kappa shape index (κ2) is 2.96. The lowest BCUT2D eigenvalue weighted by Gasteiger charge is -2.55. The van der Waals surface area contributed by atoms with Crippen LogP contribution in [0.5, 0.6) is 0 Å². The molecule has 3 aliphatic carbocycles. The highest BCUT2D eigenvalue weighted by atomic mass is 16.3. The van der Waals surface area contributed by atoms with Crippen molar-refractivity contribution in [3.05, 3.63) is 0 Å². The Kier molecular flexibility index (Phi) is 2.04. The van der Waals surface area contributed by atoms with E-state index in [-0.39, 0.29) is 22.7 Å². The van der Waals surface area contributed by atoms with E-state index in [0.29, 0.717) is 11.7 Å². The van der Waals surface area contributed by atoms with Crippen LogP contribution in [0, 0.1) is 28.6 Å². The topological polar surface area (TPSA) is 37.3 Å². The number of aliphatic hydroxyl groups is 1. The van der Waals surface area contributed by atoms with Gasteiger partial charge in [-0.05, 0) is 37.0 Å². The average Bonchev–Trinajstić information content (AvgIpc) is 2.84. The number of hydrogen-bond donors (Lipinski definition) is 1. The van der Waals surface area contributed by atoms with Crippen LogP contribution in [0.4, 0.5) is 0 Å². The lowest BCUT2D eigenvalue weighted by atomic mass is 9.51. The van der Waals surface area contributed by atoms with E-state index >= 15 is 0 Å². The van der Waals surface area contributed by atoms with Gasteiger partial charge in [-0.15, -0.1) is 0 Å². The zero-order chi connectivity index (χ0) is 12.6. The molecule has 0 saturated heterocycles. The summed E-state index contributed by atoms with van der Waals surface area (Å²) < 4.78 is 0. The number of carbonyl (C=O) groups excluding carboxylic acids is 1. The molecule has 0 unspecified atom stereocenters. The molecule has 0 aliphatic heterocycles. The largest absolute Gasteiger partial charge is 0.389 e. The summed E-state index contributed by atoms with van der Waals surface area (Å²) in [4.78, 5) is 12.5. The van der Waals surface area contributed by atoms with E-state index in [1.807, 2.05) is 6.92 Å². The van der Waals surface area contributed by atoms with Gasteiger partial charge in [-0.1, -0.05) is 27.7 Å². The van der Waals surface area contributed by atoms with Crippen LogP contribution in [-0.4, -0.2) is 16.5 Å². The Morgan fingerprint density at radius 1 is 1.24 bits per heavy atom. The van der Waals surface area contributed by atoms with Crippen LogP contribution in [0.15, 0.2) is 0 Å². The van der Waals surface area contributed by atoms with E-state index < -0.39 is 5.60 Å². The summed E-state index contributed by atoms with van der Waals surface area (Å²) in [5.74, 6) is 0.955. The Bertz CT molecular complexity index is 386. The van der Waals surface area contributed by atoms with Crippen LogP contribution >= 0.6 is 0 Å². The Balaban J connectivity index is 2.08. The molecule has 0 bridgehead atoms. The van der Waals surface area contributed by atoms with Gasteiger partial charge in [-0.2, -0.15) is 0 Å². The van der Waals surface area contributed by atoms with Crippen LogP contribution in [0.1, 0.15) is 53.4 Å². The van der Waals surface area contributed by atoms with Crippen molar-refractivity contribution in [3.63, 3.8) is 0 Å². The minimum atomic E-state index is -0.719. The number of Topliss-reactive ketones (excluding diaryl/α,β-unsaturated/α-hetero) is 1. The van der Waals surface area contributed by atoms with Gasteiger partial charge in [0.05, 0.1) is 11.5 Å². The van der Waals surface area contributed by atoms with Gasteiger partial charge in [0.1, 0.15) is 5.78 Å². The van der Waals surface area contributed by atoms with Gasteiger partial charge in [-0.3, -0.25) is 4.79 Å². The normalized spacial score (nSPS) is 56.1. The molecular formula is C15H24O2. The first-order chi connectivity index (χ1) is 7.72. The molecule has 17 heavy (non-hydrogen) atoms. The summed E-state index contributed by atoms with van der Waals surface area (Å²) in [6, 6.07) is 0. The fourth-order valence-electron chi connectivity index (χ4n) is 4.92. The van der Waals surface area contributed by atoms with Crippen molar-refractivity contribution < 1.29 is 9.90 Å². The Hall–Kier alpha value is -0.370. The van der Waals surface area contributed by atoms with Crippen molar-refractivity contribution in [2.24, 2.45) is 28.6 Å². The summed E-state index contributed by atoms with van der Waals surface area (Å²) >= 11 is 0. The van der Waals surface area contributed by atoms with E-state index in [2.05, 4.69) is 20.8 Å². The summed E-state index contributed by atoms with van der Waals surface area (Å²) in [7, 11) is 0. The molecular weight excluding hydrogens is 212 g/mol. The van der Waals surface area contributed by atoms with Crippen LogP contribution in [0.3, 0.4) is 0 Å². The monoisotopic (exact) mass is 236 g/mol. The molecule has 0 radical (unpaired) electrons. The maximum Gasteiger partial charge on any atom is 0.142 e. The molecule has 0 aromatic heterocycles. The second-order valence-corrected chi connectivity index (χ2v) is 7.71. The summed E-state index contributed by atoms with van der Waals surface area (Å²) in [6.45, 7) is 8.58. The van der Waals surface area contributed by atoms with Gasteiger partial charge in [0.15, 0.2) is 0 Å². The smallest absolute Gasteiger partial charge is 0.142 e. The lowest BCUT2D eigenvalue weighted by Crippen LogP contribution is -2.61. The Morgan fingerprint density at radius 3 is 2.53 bits per heavy atom. The van der Waals surface area contributed by atoms with Crippen molar-refractivity contribution in [1.82, 2.24) is 0 Å². The van der Waals surface area contributed by atoms with E-state index in [1.54, 1.807) is 0 Å². The molecule has 0 heterocycles. The lowest BCUT2D eigenvalue weighted by molar-refractivity contribution is -0.183. The van der Waals surface area contributed by atoms with Crippen molar-refractivity contribution in [2.75, 3.05) is 0 Å². The molecule has 5 atom stereocenters. The fraction of sp³-hybridized carbons (Fsp3) is 0.933. The first-order valence-electron chi connectivity index (χ1n) is 6.98. The van der Waals surface area contributed by atoms with Crippen LogP contribution in [0.25, 0.3) is 0 Å². The molecule has 2 nitrogen and oxygen atoms in total. The molecule has 0 amide bonds. The standard InChI is InChI=1S/C15H24O2/c1-9-5-6-15(17)12(11(9)16)13(2,3)7-10-8-14(10,15)4/h9-10,12,17H,5-8H2,1-4H3/t9-,10+,12-,14-,15+/m1/s1. The summed E-state index contributed by atoms with van der Waals surface area (Å²) in [5.41, 5.74) is -0.715. The van der Waals surface area contributed by atoms with E-state index in [0.717, 1.165) is 25.7 Å². The molecule has 1 N–H and O–H groups in total. The molecule has 0 aromatic carbocycles. The number of rotatable bonds is 0. The van der Waals surface area contributed by atoms with Crippen LogP contribution in [-0.2, 0) is 4.79 Å². The maximum absolute atomic E-state index is 12.5. The van der Waals surface area contributed by atoms with Crippen molar-refractivity contribution in [1.29, 1.82) is 0 Å². The quantitative estimate of drug-likeness (QED) is 0.702. The van der Waals surface area contributed by atoms with Crippen LogP contribution in [0.2, 0.25) is 0 Å². The molecule has 3 saturated carbocycles. The first-order valence-corrected chi connectivity index (χ1v) is 6.98. The van der Waals surface area contributed by atoms with E-state index in [1.165, 1.54) is 0 Å². The third-order valence-electron chi connectivity index (χ3n) is 6.16. The molecule has 3 fully saturated rings. The first kappa shape index (κ1) is 11.7. The zero-order valence-corrected chi connectivity index (χ0v) is 11.4. The zero-order valence-electron chi connectivity index (χ0n) is 11.4. The number of hydrogen-bond acceptors (Lipinski definition) is 2. The number of carbonyl (C=O) groups is 1. The highest BCUT2D eigenvalue weighted by Crippen LogP contribution is 2.73. The van der Waals surface area contributed by atoms with Crippen molar-refractivity contribution in [2.45, 2.75) is 59.0 Å². The molecule has 0 spiro atoms. The molecule has 96 valence electrons. The van der Waals surface area contributed by atoms with E-state index in [4.69, 9.17) is 0 Å². The van der Waals surface area contributed by atoms with E-state index in [9.17, 15) is 9.90 Å². The second-order valence-electron chi connectivity index (χ2n) is 7.71. The Labute approximate surface area is 104 Å². The summed E-state index contributed by atoms with van der Waals surface area (Å²) in [6.07, 6.45) is 3.91. The minimum Gasteiger partial charge on any atom is -0.389 e. The number of ketones is 1. The maximum atomic E-state index is 12.5. The van der Waals surface area contributed by atoms with Gasteiger partial charge < -0.3 is 5.11 Å². The molecule has 0 aromatic rings. The van der Waals surface area contributed by atoms with Gasteiger partial charge in [-0.25, -0.2) is 0 Å². The highest BCUT2D eigenvalue weighted by molar-refractivity contribution is 5.86. The third kappa shape index (κ3) is 1.23. The van der Waals surface area contributed by atoms with Gasteiger partial charge in [0.25, 0.3) is 0 Å². The van der Waals surface area contributed by atoms with Crippen molar-refractivity contribution in [3.8, 4) is 0 Å². The average molecular weight is 236 g/mol. The minimum absolute atomic E-state index is 0.0266. The highest BCUT2D eigenvalue weighted by Gasteiger charge is 2.73. The van der Waals surface area contributed by atoms with Gasteiger partial charge >= 0.3 is 0 Å². The van der Waals surface area contributed by atoms with Crippen LogP contribution < -0.4 is 0 Å². The molecule has 3 rings (SSSR count). The van der Waals surface area contributed by atoms with Gasteiger partial charge in [0, 0.05) is 11.3 Å². The predicted molar refractivity (Wildman–Crippen MR) is 66.5 cm³/mol. The Morgan fingerprint density at radius 2 is 1.88 bits per heavy atom. The molecule has 2 heteroatoms. The van der Waals surface area contributed by atoms with Crippen molar-refractivity contribution >= 4 is 5.78 Å². The summed E-state index contributed by atoms with van der Waals surface area (Å²) in [5, 5.41) is 11.2. The molecule has 3 aliphatic rings. The predicted octanol–water partition coefficient (Wildman–Crippen LogP) is 2.79. The fourth-order valence-corrected chi connectivity index (χ4v) is 4.92. The number of fused-ring (bicyclic) bond motifs is 3. The SMILES string of the molecule is C[C@@H]1CC[C@]2(O)[C@H](C1=O)C(C)(C)C[C@H]1C[C@]12C.